The number of carbonyl (C=O) groups is 1. The van der Waals surface area contributed by atoms with Crippen molar-refractivity contribution < 1.29 is 4.79 Å². The van der Waals surface area contributed by atoms with E-state index in [4.69, 9.17) is 12.2 Å². The number of nitrogens with one attached hydrogen (secondary N) is 2. The lowest BCUT2D eigenvalue weighted by Crippen LogP contribution is -2.57. The summed E-state index contributed by atoms with van der Waals surface area (Å²) in [7, 11) is 1.99. The minimum Gasteiger partial charge on any atom is -0.352 e. The molecule has 0 saturated carbocycles. The van der Waals surface area contributed by atoms with E-state index in [1.807, 2.05) is 30.1 Å². The van der Waals surface area contributed by atoms with Crippen molar-refractivity contribution in [3.05, 3.63) is 23.9 Å². The third-order valence-electron chi connectivity index (χ3n) is 5.82. The molecule has 1 atom stereocenters. The van der Waals surface area contributed by atoms with Crippen LogP contribution in [0.25, 0.3) is 10.1 Å². The summed E-state index contributed by atoms with van der Waals surface area (Å²) in [5, 5.41) is 8.12. The second kappa shape index (κ2) is 8.31. The third kappa shape index (κ3) is 3.99. The second-order valence-corrected chi connectivity index (χ2v) is 9.00. The Labute approximate surface area is 175 Å². The van der Waals surface area contributed by atoms with Gasteiger partial charge in [0, 0.05) is 37.3 Å². The van der Waals surface area contributed by atoms with Crippen molar-refractivity contribution in [1.82, 2.24) is 19.5 Å². The molecule has 1 amide bonds. The van der Waals surface area contributed by atoms with Gasteiger partial charge in [0.15, 0.2) is 5.11 Å². The van der Waals surface area contributed by atoms with Crippen molar-refractivity contribution in [3.63, 3.8) is 0 Å². The van der Waals surface area contributed by atoms with E-state index in [-0.39, 0.29) is 11.9 Å². The van der Waals surface area contributed by atoms with Gasteiger partial charge < -0.3 is 20.4 Å². The van der Waals surface area contributed by atoms with Gasteiger partial charge >= 0.3 is 0 Å². The number of thiocarbonyl (C=S) groups is 1. The lowest BCUT2D eigenvalue weighted by atomic mass is 9.84. The van der Waals surface area contributed by atoms with Gasteiger partial charge in [-0.05, 0) is 80.2 Å². The van der Waals surface area contributed by atoms with Crippen molar-refractivity contribution in [2.24, 2.45) is 5.92 Å². The standard InChI is InChI=1S/C20H27N5OS2/c1-3-8-24(2)20(27)21-14-4-5-15-17(11-14)28-23-18(15)19(26)22-16-12-25-9-6-13(16)7-10-25/h4-5,11,13,16H,3,6-10,12H2,1-2H3,(H,21,27)(H,22,26)/t16-/m1/s1. The van der Waals surface area contributed by atoms with E-state index >= 15 is 0 Å². The highest BCUT2D eigenvalue weighted by atomic mass is 32.1. The highest BCUT2D eigenvalue weighted by Gasteiger charge is 2.35. The van der Waals surface area contributed by atoms with Gasteiger partial charge in [-0.1, -0.05) is 6.92 Å². The van der Waals surface area contributed by atoms with Gasteiger partial charge in [-0.25, -0.2) is 0 Å². The molecular weight excluding hydrogens is 390 g/mol. The molecule has 0 unspecified atom stereocenters. The molecule has 3 aliphatic rings. The van der Waals surface area contributed by atoms with Crippen LogP contribution >= 0.6 is 23.8 Å². The number of carbonyl (C=O) groups excluding carboxylic acids is 1. The van der Waals surface area contributed by atoms with Gasteiger partial charge in [0.1, 0.15) is 5.69 Å². The SMILES string of the molecule is CCCN(C)C(=S)Nc1ccc2c(C(=O)N[C@@H]3CN4CCC3CC4)nsc2c1. The molecule has 150 valence electrons. The monoisotopic (exact) mass is 417 g/mol. The summed E-state index contributed by atoms with van der Waals surface area (Å²) in [6.45, 7) is 6.35. The van der Waals surface area contributed by atoms with E-state index in [1.54, 1.807) is 0 Å². The van der Waals surface area contributed by atoms with Crippen molar-refractivity contribution in [2.45, 2.75) is 32.2 Å². The molecular formula is C20H27N5OS2. The zero-order valence-electron chi connectivity index (χ0n) is 16.4. The van der Waals surface area contributed by atoms with Crippen LogP contribution < -0.4 is 10.6 Å². The number of benzene rings is 1. The normalized spacial score (nSPS) is 23.6. The van der Waals surface area contributed by atoms with E-state index < -0.39 is 0 Å². The molecule has 3 saturated heterocycles. The van der Waals surface area contributed by atoms with Crippen LogP contribution in [0.2, 0.25) is 0 Å². The Morgan fingerprint density at radius 1 is 1.39 bits per heavy atom. The number of rotatable bonds is 5. The van der Waals surface area contributed by atoms with Crippen LogP contribution in [-0.2, 0) is 0 Å². The maximum absolute atomic E-state index is 12.9. The van der Waals surface area contributed by atoms with Crippen molar-refractivity contribution in [3.8, 4) is 0 Å². The summed E-state index contributed by atoms with van der Waals surface area (Å²) in [4.78, 5) is 17.3. The molecule has 1 aromatic carbocycles. The fraction of sp³-hybridized carbons (Fsp3) is 0.550. The first kappa shape index (κ1) is 19.5. The van der Waals surface area contributed by atoms with Gasteiger partial charge in [-0.3, -0.25) is 4.79 Å². The van der Waals surface area contributed by atoms with Crippen molar-refractivity contribution in [2.75, 3.05) is 38.5 Å². The number of amides is 1. The fourth-order valence-electron chi connectivity index (χ4n) is 4.20. The predicted octanol–water partition coefficient (Wildman–Crippen LogP) is 3.16. The molecule has 1 aromatic heterocycles. The van der Waals surface area contributed by atoms with E-state index in [0.29, 0.717) is 16.7 Å². The smallest absolute Gasteiger partial charge is 0.271 e. The van der Waals surface area contributed by atoms with Crippen LogP contribution in [0.15, 0.2) is 18.2 Å². The molecule has 2 aromatic rings. The van der Waals surface area contributed by atoms with Crippen LogP contribution in [0, 0.1) is 5.92 Å². The molecule has 5 rings (SSSR count). The maximum Gasteiger partial charge on any atom is 0.271 e. The summed E-state index contributed by atoms with van der Waals surface area (Å²) in [6, 6.07) is 6.20. The van der Waals surface area contributed by atoms with Crippen LogP contribution in [0.3, 0.4) is 0 Å². The van der Waals surface area contributed by atoms with Crippen LogP contribution in [0.1, 0.15) is 36.7 Å². The quantitative estimate of drug-likeness (QED) is 0.729. The Kier molecular flexibility index (Phi) is 5.80. The number of hydrogen-bond acceptors (Lipinski definition) is 5. The van der Waals surface area contributed by atoms with Crippen LogP contribution in [-0.4, -0.2) is 64.5 Å². The highest BCUT2D eigenvalue weighted by molar-refractivity contribution is 7.80. The summed E-state index contributed by atoms with van der Waals surface area (Å²) < 4.78 is 5.44. The lowest BCUT2D eigenvalue weighted by Gasteiger charge is -2.44. The largest absolute Gasteiger partial charge is 0.352 e. The number of hydrogen-bond donors (Lipinski definition) is 2. The van der Waals surface area contributed by atoms with Crippen molar-refractivity contribution in [1.29, 1.82) is 0 Å². The van der Waals surface area contributed by atoms with Gasteiger partial charge in [-0.15, -0.1) is 0 Å². The second-order valence-electron chi connectivity index (χ2n) is 7.81. The summed E-state index contributed by atoms with van der Waals surface area (Å²) in [5.74, 6) is 0.555. The zero-order chi connectivity index (χ0) is 19.7. The highest BCUT2D eigenvalue weighted by Crippen LogP contribution is 2.29. The molecule has 6 nitrogen and oxygen atoms in total. The number of fused-ring (bicyclic) bond motifs is 4. The average Bonchev–Trinajstić information content (AvgIpc) is 3.12. The Bertz CT molecular complexity index is 875. The zero-order valence-corrected chi connectivity index (χ0v) is 18.0. The van der Waals surface area contributed by atoms with E-state index in [2.05, 4.69) is 26.8 Å². The van der Waals surface area contributed by atoms with Gasteiger partial charge in [0.2, 0.25) is 0 Å². The van der Waals surface area contributed by atoms with Crippen LogP contribution in [0.4, 0.5) is 5.69 Å². The Hall–Kier alpha value is -1.77. The van der Waals surface area contributed by atoms with Gasteiger partial charge in [0.05, 0.1) is 4.70 Å². The summed E-state index contributed by atoms with van der Waals surface area (Å²) in [5.41, 5.74) is 1.46. The summed E-state index contributed by atoms with van der Waals surface area (Å²) >= 11 is 6.81. The first-order chi connectivity index (χ1) is 13.5. The topological polar surface area (TPSA) is 60.5 Å². The fourth-order valence-corrected chi connectivity index (χ4v) is 5.22. The Morgan fingerprint density at radius 2 is 2.18 bits per heavy atom. The first-order valence-corrected chi connectivity index (χ1v) is 11.2. The molecule has 3 fully saturated rings. The average molecular weight is 418 g/mol. The minimum absolute atomic E-state index is 0.0519. The van der Waals surface area contributed by atoms with E-state index in [1.165, 1.54) is 37.5 Å². The van der Waals surface area contributed by atoms with E-state index in [0.717, 1.165) is 35.3 Å². The minimum atomic E-state index is -0.0519. The van der Waals surface area contributed by atoms with Crippen molar-refractivity contribution >= 4 is 50.5 Å². The van der Waals surface area contributed by atoms with Gasteiger partial charge in [-0.2, -0.15) is 4.37 Å². The Morgan fingerprint density at radius 3 is 2.86 bits per heavy atom. The maximum atomic E-state index is 12.9. The third-order valence-corrected chi connectivity index (χ3v) is 7.04. The van der Waals surface area contributed by atoms with Gasteiger partial charge in [0.25, 0.3) is 5.91 Å². The van der Waals surface area contributed by atoms with Crippen LogP contribution in [0.5, 0.6) is 0 Å². The molecule has 4 heterocycles. The molecule has 0 radical (unpaired) electrons. The number of nitrogens with zero attached hydrogens (tertiary/aromatic N) is 3. The molecule has 28 heavy (non-hydrogen) atoms. The molecule has 2 N–H and O–H groups in total. The first-order valence-electron chi connectivity index (χ1n) is 10.00. The molecule has 2 bridgehead atoms. The summed E-state index contributed by atoms with van der Waals surface area (Å²) in [6.07, 6.45) is 3.42. The number of aromatic nitrogens is 1. The molecule has 0 spiro atoms. The lowest BCUT2D eigenvalue weighted by molar-refractivity contribution is 0.0619. The molecule has 0 aliphatic carbocycles. The van der Waals surface area contributed by atoms with E-state index in [9.17, 15) is 4.79 Å². The number of anilines is 1. The Balaban J connectivity index is 1.45. The number of piperidine rings is 3. The molecule has 3 aliphatic heterocycles. The predicted molar refractivity (Wildman–Crippen MR) is 119 cm³/mol. The molecule has 8 heteroatoms.